The Kier molecular flexibility index (Phi) is 9.32. The fraction of sp³-hybridized carbons (Fsp3) is 0.591. The Morgan fingerprint density at radius 1 is 1.41 bits per heavy atom. The minimum atomic E-state index is -0.740. The minimum Gasteiger partial charge on any atom is -0.481 e. The molecule has 1 aliphatic heterocycles. The Morgan fingerprint density at radius 2 is 2.22 bits per heavy atom. The summed E-state index contributed by atoms with van der Waals surface area (Å²) in [4.78, 5) is 12.9. The van der Waals surface area contributed by atoms with Crippen molar-refractivity contribution in [3.05, 3.63) is 47.5 Å². The van der Waals surface area contributed by atoms with Crippen molar-refractivity contribution >= 4 is 17.6 Å². The molecule has 27 heavy (non-hydrogen) atoms. The van der Waals surface area contributed by atoms with Crippen molar-refractivity contribution < 1.29 is 15.0 Å². The number of carbonyl (C=O) groups is 1. The molecule has 2 N–H and O–H groups in total. The van der Waals surface area contributed by atoms with E-state index in [1.807, 2.05) is 6.07 Å². The van der Waals surface area contributed by atoms with Gasteiger partial charge in [0.2, 0.25) is 0 Å². The SMILES string of the molecule is Cc1cccc(C[C@H](O)CCN2CC[C@@H](Cl)[C@@H]2C/C=C\CCCC(=O)O)c1. The van der Waals surface area contributed by atoms with Crippen LogP contribution in [0.1, 0.15) is 49.7 Å². The lowest BCUT2D eigenvalue weighted by atomic mass is 10.0. The molecular weight excluding hydrogens is 362 g/mol. The van der Waals surface area contributed by atoms with E-state index in [1.54, 1.807) is 0 Å². The molecule has 4 nitrogen and oxygen atoms in total. The molecule has 2 rings (SSSR count). The van der Waals surface area contributed by atoms with Crippen molar-refractivity contribution in [3.8, 4) is 0 Å². The Balaban J connectivity index is 1.73. The fourth-order valence-electron chi connectivity index (χ4n) is 3.70. The van der Waals surface area contributed by atoms with Crippen LogP contribution in [0.5, 0.6) is 0 Å². The van der Waals surface area contributed by atoms with E-state index < -0.39 is 5.97 Å². The summed E-state index contributed by atoms with van der Waals surface area (Å²) < 4.78 is 0. The number of aliphatic hydroxyl groups is 1. The molecule has 1 saturated heterocycles. The predicted molar refractivity (Wildman–Crippen MR) is 110 cm³/mol. The highest BCUT2D eigenvalue weighted by Crippen LogP contribution is 2.26. The van der Waals surface area contributed by atoms with Crippen LogP contribution >= 0.6 is 11.6 Å². The van der Waals surface area contributed by atoms with Crippen LogP contribution in [0.15, 0.2) is 36.4 Å². The number of likely N-dealkylation sites (tertiary alicyclic amines) is 1. The Bertz CT molecular complexity index is 619. The van der Waals surface area contributed by atoms with Crippen LogP contribution in [0.3, 0.4) is 0 Å². The lowest BCUT2D eigenvalue weighted by molar-refractivity contribution is -0.137. The summed E-state index contributed by atoms with van der Waals surface area (Å²) in [5.41, 5.74) is 2.40. The van der Waals surface area contributed by atoms with Crippen LogP contribution in [-0.4, -0.2) is 51.7 Å². The van der Waals surface area contributed by atoms with Gasteiger partial charge in [0.05, 0.1) is 11.5 Å². The van der Waals surface area contributed by atoms with Gasteiger partial charge in [-0.3, -0.25) is 9.69 Å². The molecule has 0 unspecified atom stereocenters. The number of nitrogens with zero attached hydrogens (tertiary/aromatic N) is 1. The van der Waals surface area contributed by atoms with Crippen molar-refractivity contribution in [2.75, 3.05) is 13.1 Å². The zero-order valence-electron chi connectivity index (χ0n) is 16.2. The Hall–Kier alpha value is -1.36. The highest BCUT2D eigenvalue weighted by Gasteiger charge is 2.31. The number of rotatable bonds is 11. The Morgan fingerprint density at radius 3 is 2.96 bits per heavy atom. The van der Waals surface area contributed by atoms with Gasteiger partial charge in [0.25, 0.3) is 0 Å². The summed E-state index contributed by atoms with van der Waals surface area (Å²) >= 11 is 6.50. The molecule has 0 amide bonds. The number of allylic oxidation sites excluding steroid dienone is 1. The number of aryl methyl sites for hydroxylation is 1. The first-order valence-electron chi connectivity index (χ1n) is 9.94. The van der Waals surface area contributed by atoms with Gasteiger partial charge in [-0.15, -0.1) is 11.6 Å². The normalized spacial score (nSPS) is 21.7. The van der Waals surface area contributed by atoms with E-state index in [0.717, 1.165) is 38.8 Å². The number of unbranched alkanes of at least 4 members (excludes halogenated alkanes) is 1. The number of alkyl halides is 1. The van der Waals surface area contributed by atoms with Crippen molar-refractivity contribution in [3.63, 3.8) is 0 Å². The molecule has 1 fully saturated rings. The molecule has 1 heterocycles. The lowest BCUT2D eigenvalue weighted by Crippen LogP contribution is -2.35. The van der Waals surface area contributed by atoms with Gasteiger partial charge < -0.3 is 10.2 Å². The number of carboxylic acid groups (broad SMARTS) is 1. The number of aliphatic hydroxyl groups excluding tert-OH is 1. The first kappa shape index (κ1) is 21.9. The highest BCUT2D eigenvalue weighted by atomic mass is 35.5. The molecule has 0 saturated carbocycles. The third kappa shape index (κ3) is 8.04. The van der Waals surface area contributed by atoms with E-state index >= 15 is 0 Å². The highest BCUT2D eigenvalue weighted by molar-refractivity contribution is 6.21. The molecule has 1 aliphatic rings. The van der Waals surface area contributed by atoms with Crippen LogP contribution in [0.25, 0.3) is 0 Å². The topological polar surface area (TPSA) is 60.8 Å². The molecule has 0 aliphatic carbocycles. The quantitative estimate of drug-likeness (QED) is 0.336. The summed E-state index contributed by atoms with van der Waals surface area (Å²) in [5.74, 6) is -0.740. The van der Waals surface area contributed by atoms with E-state index in [9.17, 15) is 9.90 Å². The number of hydrogen-bond acceptors (Lipinski definition) is 3. The second-order valence-corrected chi connectivity index (χ2v) is 8.10. The summed E-state index contributed by atoms with van der Waals surface area (Å²) in [5, 5.41) is 19.2. The molecule has 5 heteroatoms. The van der Waals surface area contributed by atoms with Gasteiger partial charge in [-0.25, -0.2) is 0 Å². The van der Waals surface area contributed by atoms with Gasteiger partial charge in [0.1, 0.15) is 0 Å². The van der Waals surface area contributed by atoms with Gasteiger partial charge in [-0.05, 0) is 57.6 Å². The van der Waals surface area contributed by atoms with Crippen LogP contribution in [-0.2, 0) is 11.2 Å². The summed E-state index contributed by atoms with van der Waals surface area (Å²) in [7, 11) is 0. The van der Waals surface area contributed by atoms with Gasteiger partial charge in [0.15, 0.2) is 0 Å². The predicted octanol–water partition coefficient (Wildman–Crippen LogP) is 4.17. The maximum Gasteiger partial charge on any atom is 0.303 e. The second kappa shape index (κ2) is 11.5. The van der Waals surface area contributed by atoms with E-state index in [2.05, 4.69) is 42.2 Å². The average Bonchev–Trinajstić information content (AvgIpc) is 2.96. The van der Waals surface area contributed by atoms with Gasteiger partial charge in [-0.1, -0.05) is 42.0 Å². The number of aliphatic carboxylic acids is 1. The Labute approximate surface area is 167 Å². The molecule has 0 bridgehead atoms. The number of benzene rings is 1. The second-order valence-electron chi connectivity index (χ2n) is 7.54. The molecule has 1 aromatic rings. The monoisotopic (exact) mass is 393 g/mol. The third-order valence-electron chi connectivity index (χ3n) is 5.19. The molecule has 0 aromatic heterocycles. The molecular formula is C22H32ClNO3. The average molecular weight is 394 g/mol. The summed E-state index contributed by atoms with van der Waals surface area (Å²) in [6.45, 7) is 3.90. The van der Waals surface area contributed by atoms with E-state index in [4.69, 9.17) is 16.7 Å². The maximum atomic E-state index is 10.5. The zero-order chi connectivity index (χ0) is 19.6. The number of halogens is 1. The van der Waals surface area contributed by atoms with Crippen LogP contribution in [0, 0.1) is 6.92 Å². The zero-order valence-corrected chi connectivity index (χ0v) is 16.9. The van der Waals surface area contributed by atoms with Crippen LogP contribution in [0.4, 0.5) is 0 Å². The molecule has 150 valence electrons. The fourth-order valence-corrected chi connectivity index (χ4v) is 4.06. The van der Waals surface area contributed by atoms with E-state index in [1.165, 1.54) is 11.1 Å². The maximum absolute atomic E-state index is 10.5. The van der Waals surface area contributed by atoms with Gasteiger partial charge in [-0.2, -0.15) is 0 Å². The minimum absolute atomic E-state index is 0.141. The van der Waals surface area contributed by atoms with Crippen molar-refractivity contribution in [2.24, 2.45) is 0 Å². The van der Waals surface area contributed by atoms with Crippen molar-refractivity contribution in [2.45, 2.75) is 69.4 Å². The van der Waals surface area contributed by atoms with Crippen LogP contribution < -0.4 is 0 Å². The first-order valence-corrected chi connectivity index (χ1v) is 10.4. The van der Waals surface area contributed by atoms with E-state index in [0.29, 0.717) is 18.9 Å². The van der Waals surface area contributed by atoms with Crippen LogP contribution in [0.2, 0.25) is 0 Å². The molecule has 3 atom stereocenters. The van der Waals surface area contributed by atoms with Gasteiger partial charge in [0, 0.05) is 19.0 Å². The molecule has 0 spiro atoms. The van der Waals surface area contributed by atoms with Crippen molar-refractivity contribution in [1.82, 2.24) is 4.90 Å². The smallest absolute Gasteiger partial charge is 0.303 e. The molecule has 0 radical (unpaired) electrons. The lowest BCUT2D eigenvalue weighted by Gasteiger charge is -2.26. The van der Waals surface area contributed by atoms with Gasteiger partial charge >= 0.3 is 5.97 Å². The standard InChI is InChI=1S/C22H32ClNO3/c1-17-7-6-8-18(15-17)16-19(25)11-13-24-14-12-20(23)21(24)9-4-2-3-5-10-22(26)27/h2,4,6-8,15,19-21,25H,3,5,9-14,16H2,1H3,(H,26,27)/b4-2-/t19-,20-,21+/m1/s1. The largest absolute Gasteiger partial charge is 0.481 e. The molecule has 1 aromatic carbocycles. The third-order valence-corrected chi connectivity index (χ3v) is 5.70. The summed E-state index contributed by atoms with van der Waals surface area (Å²) in [6, 6.07) is 8.61. The number of hydrogen-bond donors (Lipinski definition) is 2. The van der Waals surface area contributed by atoms with Crippen molar-refractivity contribution in [1.29, 1.82) is 0 Å². The van der Waals surface area contributed by atoms with E-state index in [-0.39, 0.29) is 17.9 Å². The summed E-state index contributed by atoms with van der Waals surface area (Å²) in [6.07, 6.45) is 8.84. The number of carboxylic acids is 1. The first-order chi connectivity index (χ1) is 13.0.